The molecule has 5 N–H and O–H groups in total. The number of nitrogens with zero attached hydrogens (tertiary/aromatic N) is 3. The van der Waals surface area contributed by atoms with Crippen molar-refractivity contribution in [2.45, 2.75) is 25.9 Å². The molecule has 0 radical (unpaired) electrons. The summed E-state index contributed by atoms with van der Waals surface area (Å²) in [5.74, 6) is 0.221. The van der Waals surface area contributed by atoms with E-state index in [0.717, 1.165) is 5.56 Å². The number of imidazole rings is 2. The summed E-state index contributed by atoms with van der Waals surface area (Å²) in [6, 6.07) is 10.6. The fourth-order valence-electron chi connectivity index (χ4n) is 4.43. The number of aromatic amines is 2. The number of aryl methyl sites for hydroxylation is 1. The number of hydrogen-bond acceptors (Lipinski definition) is 7. The zero-order chi connectivity index (χ0) is 27.5. The number of fused-ring (bicyclic) bond motifs is 1. The van der Waals surface area contributed by atoms with Gasteiger partial charge in [0.05, 0.1) is 19.0 Å². The molecule has 2 aromatic carbocycles. The zero-order valence-corrected chi connectivity index (χ0v) is 21.3. The van der Waals surface area contributed by atoms with Crippen LogP contribution in [0, 0.1) is 6.92 Å². The molecule has 0 unspecified atom stereocenters. The molecule has 1 aliphatic heterocycles. The fourth-order valence-corrected chi connectivity index (χ4v) is 4.43. The monoisotopic (exact) mass is 533 g/mol. The van der Waals surface area contributed by atoms with Gasteiger partial charge in [-0.25, -0.2) is 14.8 Å². The van der Waals surface area contributed by atoms with Crippen LogP contribution in [-0.4, -0.2) is 74.2 Å². The van der Waals surface area contributed by atoms with E-state index < -0.39 is 17.9 Å². The zero-order valence-electron chi connectivity index (χ0n) is 21.3. The second-order valence-electron chi connectivity index (χ2n) is 9.04. The molecule has 13 heteroatoms. The third kappa shape index (κ3) is 5.46. The minimum atomic E-state index is -0.919. The number of carbonyl (C=O) groups excluding carboxylic acids is 2. The van der Waals surface area contributed by atoms with Crippen LogP contribution in [0.3, 0.4) is 0 Å². The first kappa shape index (κ1) is 25.6. The molecular formula is C26H27N7O6. The predicted octanol–water partition coefficient (Wildman–Crippen LogP) is 3.63. The van der Waals surface area contributed by atoms with Crippen molar-refractivity contribution < 1.29 is 29.0 Å². The van der Waals surface area contributed by atoms with Crippen LogP contribution in [0.4, 0.5) is 16.4 Å². The van der Waals surface area contributed by atoms with Crippen molar-refractivity contribution in [3.8, 4) is 11.5 Å². The van der Waals surface area contributed by atoms with Crippen molar-refractivity contribution in [1.82, 2.24) is 24.8 Å². The first-order valence-corrected chi connectivity index (χ1v) is 12.3. The molecule has 39 heavy (non-hydrogen) atoms. The number of nitrogens with one attached hydrogen (secondary N) is 4. The fraction of sp³-hybridized carbons (Fsp3) is 0.269. The Labute approximate surface area is 222 Å². The van der Waals surface area contributed by atoms with Crippen LogP contribution in [0.25, 0.3) is 11.0 Å². The predicted molar refractivity (Wildman–Crippen MR) is 142 cm³/mol. The van der Waals surface area contributed by atoms with E-state index in [1.807, 2.05) is 6.92 Å². The van der Waals surface area contributed by atoms with Crippen LogP contribution < -0.4 is 20.1 Å². The topological polar surface area (TPSA) is 175 Å². The molecular weight excluding hydrogens is 506 g/mol. The van der Waals surface area contributed by atoms with Gasteiger partial charge in [0.2, 0.25) is 5.95 Å². The van der Waals surface area contributed by atoms with Gasteiger partial charge in [0.15, 0.2) is 5.69 Å². The van der Waals surface area contributed by atoms with Crippen molar-refractivity contribution in [2.75, 3.05) is 30.8 Å². The molecule has 2 aromatic heterocycles. The third-order valence-corrected chi connectivity index (χ3v) is 6.47. The highest BCUT2D eigenvalue weighted by molar-refractivity contribution is 6.13. The lowest BCUT2D eigenvalue weighted by molar-refractivity contribution is 0.0893. The molecule has 0 atom stereocenters. The number of carbonyl (C=O) groups is 3. The number of H-pyrrole nitrogens is 2. The number of carboxylic acid groups (broad SMARTS) is 1. The lowest BCUT2D eigenvalue weighted by atomic mass is 10.1. The Hall–Kier alpha value is -5.07. The van der Waals surface area contributed by atoms with E-state index in [-0.39, 0.29) is 23.4 Å². The molecule has 0 spiro atoms. The molecule has 0 aliphatic carbocycles. The van der Waals surface area contributed by atoms with E-state index in [9.17, 15) is 14.4 Å². The van der Waals surface area contributed by atoms with Crippen LogP contribution >= 0.6 is 0 Å². The molecule has 5 rings (SSSR count). The lowest BCUT2D eigenvalue weighted by Gasteiger charge is -2.30. The van der Waals surface area contributed by atoms with Gasteiger partial charge in [0.25, 0.3) is 11.8 Å². The van der Waals surface area contributed by atoms with Gasteiger partial charge in [-0.05, 0) is 42.8 Å². The number of rotatable bonds is 7. The summed E-state index contributed by atoms with van der Waals surface area (Å²) in [6.07, 6.45) is 1.48. The summed E-state index contributed by atoms with van der Waals surface area (Å²) in [7, 11) is 1.53. The van der Waals surface area contributed by atoms with Crippen molar-refractivity contribution in [2.24, 2.45) is 0 Å². The van der Waals surface area contributed by atoms with E-state index in [2.05, 4.69) is 30.6 Å². The smallest absolute Gasteiger partial charge is 0.407 e. The molecule has 3 heterocycles. The SMILES string of the molecule is COc1cccc2[nH]c(NC(=O)c3[nH]cnc3C(=O)Nc3ccc(OC4CCN(C(=O)O)CC4)cc3C)nc12. The maximum absolute atomic E-state index is 13.0. The van der Waals surface area contributed by atoms with Gasteiger partial charge in [-0.1, -0.05) is 6.07 Å². The number of ether oxygens (including phenoxy) is 2. The molecule has 13 nitrogen and oxygen atoms in total. The van der Waals surface area contributed by atoms with Crippen molar-refractivity contribution in [3.05, 3.63) is 59.7 Å². The number of amides is 3. The number of piperidine rings is 1. The van der Waals surface area contributed by atoms with Crippen molar-refractivity contribution in [3.63, 3.8) is 0 Å². The van der Waals surface area contributed by atoms with Crippen molar-refractivity contribution in [1.29, 1.82) is 0 Å². The van der Waals surface area contributed by atoms with Gasteiger partial charge in [0, 0.05) is 31.6 Å². The number of methoxy groups -OCH3 is 1. The normalized spacial score (nSPS) is 13.7. The molecule has 4 aromatic rings. The van der Waals surface area contributed by atoms with Crippen LogP contribution in [0.15, 0.2) is 42.7 Å². The Morgan fingerprint density at radius 3 is 2.62 bits per heavy atom. The number of hydrogen-bond donors (Lipinski definition) is 5. The Morgan fingerprint density at radius 2 is 1.90 bits per heavy atom. The quantitative estimate of drug-likeness (QED) is 0.239. The summed E-state index contributed by atoms with van der Waals surface area (Å²) in [4.78, 5) is 52.5. The number of anilines is 2. The van der Waals surface area contributed by atoms with Crippen LogP contribution in [0.1, 0.15) is 39.4 Å². The molecule has 3 amide bonds. The van der Waals surface area contributed by atoms with Gasteiger partial charge in [-0.3, -0.25) is 14.9 Å². The van der Waals surface area contributed by atoms with E-state index in [4.69, 9.17) is 14.6 Å². The summed E-state index contributed by atoms with van der Waals surface area (Å²) < 4.78 is 11.3. The van der Waals surface area contributed by atoms with Crippen LogP contribution in [0.2, 0.25) is 0 Å². The largest absolute Gasteiger partial charge is 0.494 e. The molecule has 202 valence electrons. The minimum absolute atomic E-state index is 0.0229. The molecule has 0 bridgehead atoms. The first-order chi connectivity index (χ1) is 18.8. The number of para-hydroxylation sites is 1. The average molecular weight is 534 g/mol. The summed E-state index contributed by atoms with van der Waals surface area (Å²) in [5, 5.41) is 14.5. The van der Waals surface area contributed by atoms with E-state index in [0.29, 0.717) is 54.2 Å². The van der Waals surface area contributed by atoms with Gasteiger partial charge in [-0.2, -0.15) is 0 Å². The Kier molecular flexibility index (Phi) is 7.04. The highest BCUT2D eigenvalue weighted by Gasteiger charge is 2.24. The summed E-state index contributed by atoms with van der Waals surface area (Å²) in [5.41, 5.74) is 2.43. The molecule has 0 saturated carbocycles. The van der Waals surface area contributed by atoms with Crippen LogP contribution in [-0.2, 0) is 0 Å². The third-order valence-electron chi connectivity index (χ3n) is 6.47. The second-order valence-corrected chi connectivity index (χ2v) is 9.04. The van der Waals surface area contributed by atoms with Crippen LogP contribution in [0.5, 0.6) is 11.5 Å². The number of aromatic nitrogens is 4. The maximum Gasteiger partial charge on any atom is 0.407 e. The maximum atomic E-state index is 13.0. The summed E-state index contributed by atoms with van der Waals surface area (Å²) >= 11 is 0. The first-order valence-electron chi connectivity index (χ1n) is 12.3. The van der Waals surface area contributed by atoms with E-state index >= 15 is 0 Å². The highest BCUT2D eigenvalue weighted by atomic mass is 16.5. The average Bonchev–Trinajstić information content (AvgIpc) is 3.57. The second kappa shape index (κ2) is 10.7. The number of likely N-dealkylation sites (tertiary alicyclic amines) is 1. The minimum Gasteiger partial charge on any atom is -0.494 e. The molecule has 1 aliphatic rings. The Bertz CT molecular complexity index is 1540. The highest BCUT2D eigenvalue weighted by Crippen LogP contribution is 2.26. The van der Waals surface area contributed by atoms with Gasteiger partial charge >= 0.3 is 6.09 Å². The van der Waals surface area contributed by atoms with E-state index in [1.165, 1.54) is 18.3 Å². The summed E-state index contributed by atoms with van der Waals surface area (Å²) in [6.45, 7) is 2.68. The molecule has 1 saturated heterocycles. The Balaban J connectivity index is 1.23. The molecule has 1 fully saturated rings. The number of benzene rings is 2. The lowest BCUT2D eigenvalue weighted by Crippen LogP contribution is -2.41. The van der Waals surface area contributed by atoms with Gasteiger partial charge in [0.1, 0.15) is 28.8 Å². The Morgan fingerprint density at radius 1 is 1.10 bits per heavy atom. The van der Waals surface area contributed by atoms with Crippen molar-refractivity contribution >= 4 is 40.6 Å². The van der Waals surface area contributed by atoms with Gasteiger partial charge in [-0.15, -0.1) is 0 Å². The van der Waals surface area contributed by atoms with E-state index in [1.54, 1.807) is 36.4 Å². The standard InChI is InChI=1S/C26H27N7O6/c1-14-12-16(39-15-8-10-33(11-9-15)26(36)37)6-7-17(14)29-23(34)21-22(28-13-27-21)24(35)32-25-30-18-4-3-5-19(38-2)20(18)31-25/h3-7,12-13,15H,8-11H2,1-2H3,(H,27,28)(H,29,34)(H,36,37)(H2,30,31,32,35). The van der Waals surface area contributed by atoms with Gasteiger partial charge < -0.3 is 34.8 Å².